The Morgan fingerprint density at radius 2 is 1.89 bits per heavy atom. The Kier molecular flexibility index (Phi) is 4.69. The fourth-order valence-electron chi connectivity index (χ4n) is 5.27. The summed E-state index contributed by atoms with van der Waals surface area (Å²) in [6, 6.07) is 10.5. The van der Waals surface area contributed by atoms with Gasteiger partial charge in [-0.25, -0.2) is 0 Å². The van der Waals surface area contributed by atoms with E-state index in [0.717, 1.165) is 58.4 Å². The number of carbonyl (C=O) groups is 1. The van der Waals surface area contributed by atoms with E-state index in [1.165, 1.54) is 16.8 Å². The van der Waals surface area contributed by atoms with E-state index in [2.05, 4.69) is 39.4 Å². The number of nitrogens with zero attached hydrogens (tertiary/aromatic N) is 3. The van der Waals surface area contributed by atoms with Crippen molar-refractivity contribution in [3.05, 3.63) is 52.8 Å². The summed E-state index contributed by atoms with van der Waals surface area (Å²) in [5, 5.41) is 7.40. The second-order valence-corrected chi connectivity index (χ2v) is 8.68. The standard InChI is InChI=1S/C22H29N5O/c23-19(15-5-2-1-3-6-15)9-10-26-11-16-13-27(14-17(16)12-26)22(28)21-18-7-4-8-20(18)24-25-21/h1-3,5-6,16-17,19H,4,7-14,23H2,(H,24,25)/t16?,17?,19-/m0/s1. The molecule has 6 heteroatoms. The van der Waals surface area contributed by atoms with Crippen LogP contribution in [0.5, 0.6) is 0 Å². The summed E-state index contributed by atoms with van der Waals surface area (Å²) >= 11 is 0. The molecule has 2 fully saturated rings. The molecule has 0 spiro atoms. The molecule has 2 saturated heterocycles. The largest absolute Gasteiger partial charge is 0.337 e. The fraction of sp³-hybridized carbons (Fsp3) is 0.545. The van der Waals surface area contributed by atoms with Gasteiger partial charge in [-0.1, -0.05) is 30.3 Å². The Morgan fingerprint density at radius 3 is 2.64 bits per heavy atom. The molecule has 2 unspecified atom stereocenters. The lowest BCUT2D eigenvalue weighted by Crippen LogP contribution is -2.34. The van der Waals surface area contributed by atoms with Gasteiger partial charge in [-0.15, -0.1) is 0 Å². The SMILES string of the molecule is N[C@@H](CCN1CC2CN(C(=O)c3n[nH]c4c3CCC4)CC2C1)c1ccccc1. The van der Waals surface area contributed by atoms with Gasteiger partial charge in [0.1, 0.15) is 0 Å². The van der Waals surface area contributed by atoms with E-state index in [0.29, 0.717) is 17.5 Å². The minimum absolute atomic E-state index is 0.0986. The smallest absolute Gasteiger partial charge is 0.274 e. The molecule has 2 aliphatic heterocycles. The lowest BCUT2D eigenvalue weighted by molar-refractivity contribution is 0.0767. The highest BCUT2D eigenvalue weighted by Crippen LogP contribution is 2.33. The van der Waals surface area contributed by atoms with E-state index in [1.807, 2.05) is 11.0 Å². The van der Waals surface area contributed by atoms with Crippen molar-refractivity contribution in [3.63, 3.8) is 0 Å². The van der Waals surface area contributed by atoms with Gasteiger partial charge in [0.05, 0.1) is 0 Å². The Morgan fingerprint density at radius 1 is 1.14 bits per heavy atom. The quantitative estimate of drug-likeness (QED) is 0.833. The van der Waals surface area contributed by atoms with Crippen molar-refractivity contribution in [2.24, 2.45) is 17.6 Å². The minimum Gasteiger partial charge on any atom is -0.337 e. The van der Waals surface area contributed by atoms with Crippen molar-refractivity contribution in [3.8, 4) is 0 Å². The average molecular weight is 380 g/mol. The lowest BCUT2D eigenvalue weighted by Gasteiger charge is -2.22. The van der Waals surface area contributed by atoms with Gasteiger partial charge >= 0.3 is 0 Å². The molecule has 1 aromatic carbocycles. The van der Waals surface area contributed by atoms with Crippen LogP contribution in [0.2, 0.25) is 0 Å². The highest BCUT2D eigenvalue weighted by atomic mass is 16.2. The average Bonchev–Trinajstić information content (AvgIpc) is 3.46. The van der Waals surface area contributed by atoms with Crippen LogP contribution < -0.4 is 5.73 Å². The number of amides is 1. The number of hydrogen-bond donors (Lipinski definition) is 2. The third kappa shape index (κ3) is 3.25. The highest BCUT2D eigenvalue weighted by Gasteiger charge is 2.42. The van der Waals surface area contributed by atoms with Crippen LogP contribution in [0.15, 0.2) is 30.3 Å². The van der Waals surface area contributed by atoms with Crippen molar-refractivity contribution in [2.45, 2.75) is 31.7 Å². The Hall–Kier alpha value is -2.18. The van der Waals surface area contributed by atoms with Gasteiger partial charge in [0.25, 0.3) is 5.91 Å². The molecule has 1 amide bonds. The van der Waals surface area contributed by atoms with Crippen molar-refractivity contribution in [2.75, 3.05) is 32.7 Å². The lowest BCUT2D eigenvalue weighted by atomic mass is 10.0. The number of benzene rings is 1. The zero-order valence-corrected chi connectivity index (χ0v) is 16.3. The first-order valence-corrected chi connectivity index (χ1v) is 10.6. The van der Waals surface area contributed by atoms with Gasteiger partial charge in [-0.3, -0.25) is 9.89 Å². The topological polar surface area (TPSA) is 78.2 Å². The van der Waals surface area contributed by atoms with Gasteiger partial charge in [0.2, 0.25) is 0 Å². The van der Waals surface area contributed by atoms with Crippen LogP contribution in [-0.4, -0.2) is 58.6 Å². The first-order chi connectivity index (χ1) is 13.7. The summed E-state index contributed by atoms with van der Waals surface area (Å²) in [7, 11) is 0. The van der Waals surface area contributed by atoms with Crippen molar-refractivity contribution in [1.82, 2.24) is 20.0 Å². The third-order valence-electron chi connectivity index (χ3n) is 6.84. The van der Waals surface area contributed by atoms with E-state index < -0.39 is 0 Å². The van der Waals surface area contributed by atoms with Gasteiger partial charge in [0, 0.05) is 43.5 Å². The number of nitrogens with one attached hydrogen (secondary N) is 1. The van der Waals surface area contributed by atoms with E-state index in [4.69, 9.17) is 5.73 Å². The van der Waals surface area contributed by atoms with Gasteiger partial charge in [0.15, 0.2) is 5.69 Å². The summed E-state index contributed by atoms with van der Waals surface area (Å²) in [4.78, 5) is 17.5. The number of hydrogen-bond acceptors (Lipinski definition) is 4. The first kappa shape index (κ1) is 17.9. The number of fused-ring (bicyclic) bond motifs is 2. The van der Waals surface area contributed by atoms with Crippen LogP contribution in [0.4, 0.5) is 0 Å². The number of nitrogens with two attached hydrogens (primary N) is 1. The monoisotopic (exact) mass is 379 g/mol. The molecule has 1 aromatic heterocycles. The molecule has 5 rings (SSSR count). The number of rotatable bonds is 5. The third-order valence-corrected chi connectivity index (χ3v) is 6.84. The zero-order valence-electron chi connectivity index (χ0n) is 16.3. The number of H-pyrrole nitrogens is 1. The molecular formula is C22H29N5O. The summed E-state index contributed by atoms with van der Waals surface area (Å²) in [5.74, 6) is 1.30. The molecule has 0 bridgehead atoms. The molecule has 28 heavy (non-hydrogen) atoms. The molecular weight excluding hydrogens is 350 g/mol. The van der Waals surface area contributed by atoms with Gasteiger partial charge in [-0.2, -0.15) is 5.10 Å². The van der Waals surface area contributed by atoms with Gasteiger partial charge in [-0.05, 0) is 49.6 Å². The molecule has 3 atom stereocenters. The maximum atomic E-state index is 13.0. The van der Waals surface area contributed by atoms with Crippen molar-refractivity contribution < 1.29 is 4.79 Å². The van der Waals surface area contributed by atoms with Crippen LogP contribution in [0.1, 0.15) is 46.2 Å². The molecule has 0 radical (unpaired) electrons. The Balaban J connectivity index is 1.14. The second-order valence-electron chi connectivity index (χ2n) is 8.68. The zero-order chi connectivity index (χ0) is 19.1. The van der Waals surface area contributed by atoms with E-state index in [-0.39, 0.29) is 11.9 Å². The van der Waals surface area contributed by atoms with E-state index in [9.17, 15) is 4.79 Å². The fourth-order valence-corrected chi connectivity index (χ4v) is 5.27. The van der Waals surface area contributed by atoms with Crippen molar-refractivity contribution >= 4 is 5.91 Å². The van der Waals surface area contributed by atoms with Gasteiger partial charge < -0.3 is 15.5 Å². The molecule has 6 nitrogen and oxygen atoms in total. The molecule has 148 valence electrons. The van der Waals surface area contributed by atoms with Crippen LogP contribution in [-0.2, 0) is 12.8 Å². The molecule has 1 aliphatic carbocycles. The Bertz CT molecular complexity index is 834. The van der Waals surface area contributed by atoms with Crippen LogP contribution in [0.25, 0.3) is 0 Å². The highest BCUT2D eigenvalue weighted by molar-refractivity contribution is 5.94. The summed E-state index contributed by atoms with van der Waals surface area (Å²) in [6.45, 7) is 4.92. The normalized spacial score (nSPS) is 25.1. The number of aromatic nitrogens is 2. The molecule has 0 saturated carbocycles. The van der Waals surface area contributed by atoms with Crippen molar-refractivity contribution in [1.29, 1.82) is 0 Å². The Labute approximate surface area is 166 Å². The van der Waals surface area contributed by atoms with E-state index in [1.54, 1.807) is 0 Å². The van der Waals surface area contributed by atoms with Crippen LogP contribution >= 0.6 is 0 Å². The molecule has 3 N–H and O–H groups in total. The van der Waals surface area contributed by atoms with E-state index >= 15 is 0 Å². The van der Waals surface area contributed by atoms with Crippen LogP contribution in [0, 0.1) is 11.8 Å². The molecule has 2 aromatic rings. The number of carbonyl (C=O) groups excluding carboxylic acids is 1. The summed E-state index contributed by atoms with van der Waals surface area (Å²) < 4.78 is 0. The predicted molar refractivity (Wildman–Crippen MR) is 108 cm³/mol. The summed E-state index contributed by atoms with van der Waals surface area (Å²) in [6.07, 6.45) is 4.13. The minimum atomic E-state index is 0.0986. The second kappa shape index (κ2) is 7.33. The summed E-state index contributed by atoms with van der Waals surface area (Å²) in [5.41, 5.74) is 10.6. The maximum absolute atomic E-state index is 13.0. The maximum Gasteiger partial charge on any atom is 0.274 e. The predicted octanol–water partition coefficient (Wildman–Crippen LogP) is 1.99. The molecule has 3 aliphatic rings. The number of likely N-dealkylation sites (tertiary alicyclic amines) is 2. The first-order valence-electron chi connectivity index (χ1n) is 10.6. The van der Waals surface area contributed by atoms with Crippen LogP contribution in [0.3, 0.4) is 0 Å². The number of aryl methyl sites for hydroxylation is 1. The number of aromatic amines is 1. The molecule has 3 heterocycles.